The number of ketones is 3. The number of amides is 1. The molecule has 0 saturated carbocycles. The Morgan fingerprint density at radius 2 is 1.58 bits per heavy atom. The number of phenols is 2. The van der Waals surface area contributed by atoms with E-state index in [1.165, 1.54) is 19.2 Å². The Morgan fingerprint density at radius 3 is 2.28 bits per heavy atom. The fraction of sp³-hybridized carbons (Fsp3) is 0.481. The molecule has 0 bridgehead atoms. The van der Waals surface area contributed by atoms with Crippen LogP contribution >= 0.6 is 0 Å². The molecule has 0 aromatic heterocycles. The van der Waals surface area contributed by atoms with Gasteiger partial charge in [-0.15, -0.1) is 0 Å². The molecule has 6 aliphatic rings. The van der Waals surface area contributed by atoms with Crippen LogP contribution in [0.25, 0.3) is 11.1 Å². The highest BCUT2D eigenvalue weighted by molar-refractivity contribution is 6.31. The molecule has 17 nitrogen and oxygen atoms in total. The second-order valence-electron chi connectivity index (χ2n) is 20.1. The maximum Gasteiger partial charge on any atom is 0.410 e. The second-order valence-corrected chi connectivity index (χ2v) is 20.1. The van der Waals surface area contributed by atoms with Crippen molar-refractivity contribution in [3.63, 3.8) is 0 Å². The monoisotopic (exact) mass is 975 g/mol. The first-order chi connectivity index (χ1) is 34.0. The average molecular weight is 976 g/mol. The van der Waals surface area contributed by atoms with Gasteiger partial charge in [0.25, 0.3) is 0 Å². The molecule has 8 atom stereocenters. The number of likely N-dealkylation sites (tertiary alicyclic amines) is 1. The largest absolute Gasteiger partial charge is 0.507 e. The van der Waals surface area contributed by atoms with Crippen LogP contribution in [0.3, 0.4) is 0 Å². The molecule has 17 heteroatoms. The van der Waals surface area contributed by atoms with Gasteiger partial charge < -0.3 is 53.4 Å². The van der Waals surface area contributed by atoms with Crippen molar-refractivity contribution < 1.29 is 67.7 Å². The number of piperidine rings is 1. The fourth-order valence-corrected chi connectivity index (χ4v) is 11.6. The van der Waals surface area contributed by atoms with Crippen molar-refractivity contribution in [3.8, 4) is 28.4 Å². The van der Waals surface area contributed by atoms with E-state index in [4.69, 9.17) is 33.2 Å². The summed E-state index contributed by atoms with van der Waals surface area (Å²) in [5.41, 5.74) is -1.13. The first kappa shape index (κ1) is 48.8. The van der Waals surface area contributed by atoms with Gasteiger partial charge in [-0.1, -0.05) is 66.7 Å². The summed E-state index contributed by atoms with van der Waals surface area (Å²) in [4.78, 5) is 62.4. The van der Waals surface area contributed by atoms with Crippen LogP contribution in [0.2, 0.25) is 0 Å². The molecule has 4 aromatic carbocycles. The number of hydrogen-bond donors (Lipinski definition) is 3. The summed E-state index contributed by atoms with van der Waals surface area (Å²) in [6.07, 6.45) is -4.19. The number of nitrogens with zero attached hydrogens (tertiary/aromatic N) is 3. The Labute approximate surface area is 412 Å². The molecule has 3 N–H and O–H groups in total. The van der Waals surface area contributed by atoms with E-state index in [1.54, 1.807) is 25.1 Å². The van der Waals surface area contributed by atoms with Gasteiger partial charge >= 0.3 is 6.09 Å². The lowest BCUT2D eigenvalue weighted by Crippen LogP contribution is -2.55. The Balaban J connectivity index is 0.869. The summed E-state index contributed by atoms with van der Waals surface area (Å²) >= 11 is 0. The molecular weight excluding hydrogens is 915 g/mol. The van der Waals surface area contributed by atoms with Crippen LogP contribution in [0.4, 0.5) is 4.79 Å². The average Bonchev–Trinajstić information content (AvgIpc) is 3.76. The zero-order valence-corrected chi connectivity index (χ0v) is 40.8. The van der Waals surface area contributed by atoms with Crippen LogP contribution in [0.5, 0.6) is 17.2 Å². The van der Waals surface area contributed by atoms with Gasteiger partial charge in [-0.3, -0.25) is 24.2 Å². The highest BCUT2D eigenvalue weighted by Gasteiger charge is 2.55. The Hall–Kier alpha value is -5.76. The number of methoxy groups -OCH3 is 2. The van der Waals surface area contributed by atoms with Crippen molar-refractivity contribution in [1.82, 2.24) is 14.7 Å². The molecule has 4 heterocycles. The molecule has 4 aromatic rings. The normalized spacial score (nSPS) is 27.7. The Bertz CT molecular complexity index is 2720. The van der Waals surface area contributed by atoms with Gasteiger partial charge in [-0.25, -0.2) is 4.79 Å². The van der Waals surface area contributed by atoms with E-state index in [0.717, 1.165) is 16.7 Å². The number of benzene rings is 4. The van der Waals surface area contributed by atoms with Crippen molar-refractivity contribution in [2.45, 2.75) is 113 Å². The number of Topliss-reactive ketones (excluding diaryl/α,β-unsaturated/α-hetero) is 1. The van der Waals surface area contributed by atoms with Gasteiger partial charge in [0.2, 0.25) is 5.78 Å². The molecule has 1 amide bonds. The number of rotatable bonds is 11. The number of fused-ring (bicyclic) bond motifs is 6. The summed E-state index contributed by atoms with van der Waals surface area (Å²) in [7, 11) is 4.63. The Kier molecular flexibility index (Phi) is 13.1. The number of phenolic OH excluding ortho intramolecular Hbond substituents is 2. The third-order valence-corrected chi connectivity index (χ3v) is 15.5. The van der Waals surface area contributed by atoms with E-state index in [9.17, 15) is 34.5 Å². The summed E-state index contributed by atoms with van der Waals surface area (Å²) in [5.74, 6) is -3.15. The van der Waals surface area contributed by atoms with Gasteiger partial charge in [0, 0.05) is 81.8 Å². The van der Waals surface area contributed by atoms with E-state index < -0.39 is 94.7 Å². The summed E-state index contributed by atoms with van der Waals surface area (Å²) in [6.45, 7) is 7.23. The standard InChI is InChI=1S/C54H61N3O14/c1-29-49-36(57-23-24-67-51(66-6)50(57)70-49)25-40(68-29)69-38-27-54(64,26-35-42(38)48(62)44-43(46(35)60)45(59)34-13-10-14-37(65-5)41(34)47(44)61)39(58)28-56-21-19-33(20-22-56)55(4)52(63)71-53(2,3)32-17-15-31(16-18-32)30-11-8-7-9-12-30/h7-18,29,33,36,38,40,49-51,60,62,64H,19-28H2,1-6H3/t29-,36-,38-,40-,49+,50+,51-,54-/m0/s1. The second kappa shape index (κ2) is 19.0. The molecule has 376 valence electrons. The lowest BCUT2D eigenvalue weighted by Gasteiger charge is -2.44. The van der Waals surface area contributed by atoms with E-state index in [1.807, 2.05) is 80.3 Å². The fourth-order valence-electron chi connectivity index (χ4n) is 11.6. The van der Waals surface area contributed by atoms with Crippen LogP contribution in [-0.4, -0.2) is 156 Å². The maximum absolute atomic E-state index is 14.6. The van der Waals surface area contributed by atoms with Crippen molar-refractivity contribution >= 4 is 23.4 Å². The third-order valence-electron chi connectivity index (χ3n) is 15.5. The van der Waals surface area contributed by atoms with Crippen LogP contribution in [0.15, 0.2) is 72.8 Å². The smallest absolute Gasteiger partial charge is 0.410 e. The third kappa shape index (κ3) is 8.69. The van der Waals surface area contributed by atoms with Crippen molar-refractivity contribution in [2.75, 3.05) is 54.1 Å². The summed E-state index contributed by atoms with van der Waals surface area (Å²) < 4.78 is 42.4. The molecule has 4 aliphatic heterocycles. The minimum Gasteiger partial charge on any atom is -0.507 e. The van der Waals surface area contributed by atoms with Gasteiger partial charge in [-0.2, -0.15) is 0 Å². The number of hydrogen-bond acceptors (Lipinski definition) is 16. The van der Waals surface area contributed by atoms with Crippen LogP contribution < -0.4 is 4.74 Å². The van der Waals surface area contributed by atoms with Gasteiger partial charge in [0.15, 0.2) is 30.4 Å². The highest BCUT2D eigenvalue weighted by Crippen LogP contribution is 2.53. The molecule has 0 unspecified atom stereocenters. The van der Waals surface area contributed by atoms with Gasteiger partial charge in [-0.05, 0) is 56.4 Å². The first-order valence-corrected chi connectivity index (χ1v) is 24.3. The van der Waals surface area contributed by atoms with E-state index in [0.29, 0.717) is 39.1 Å². The zero-order valence-electron chi connectivity index (χ0n) is 40.8. The number of carbonyl (C=O) groups excluding carboxylic acids is 4. The summed E-state index contributed by atoms with van der Waals surface area (Å²) in [6, 6.07) is 22.1. The zero-order chi connectivity index (χ0) is 50.1. The predicted molar refractivity (Wildman–Crippen MR) is 255 cm³/mol. The maximum atomic E-state index is 14.6. The van der Waals surface area contributed by atoms with Crippen molar-refractivity contribution in [1.29, 1.82) is 0 Å². The topological polar surface area (TPSA) is 203 Å². The van der Waals surface area contributed by atoms with E-state index >= 15 is 0 Å². The number of ether oxygens (including phenoxy) is 7. The van der Waals surface area contributed by atoms with Crippen molar-refractivity contribution in [2.24, 2.45) is 0 Å². The molecule has 0 spiro atoms. The van der Waals surface area contributed by atoms with Gasteiger partial charge in [0.1, 0.15) is 34.6 Å². The molecular formula is C54H61N3O14. The molecule has 4 fully saturated rings. The van der Waals surface area contributed by atoms with E-state index in [2.05, 4.69) is 4.90 Å². The lowest BCUT2D eigenvalue weighted by atomic mass is 9.71. The SMILES string of the molecule is COc1cccc2c1C(=O)c1c(O)c3c(c(O)c1C2=O)C[C@@](O)(C(=O)CN1CCC(N(C)C(=O)OC(C)(C)c2ccc(-c4ccccc4)cc2)CC1)C[C@@H]3O[C@H]1C[C@H]2[C@H](O[C@@H]3[C@@H](OC)OCCN32)[C@H](C)O1. The molecule has 10 rings (SSSR count). The number of aliphatic hydroxyl groups is 1. The van der Waals surface area contributed by atoms with Crippen LogP contribution in [0, 0.1) is 0 Å². The minimum absolute atomic E-state index is 0.0221. The molecule has 2 aliphatic carbocycles. The molecule has 4 saturated heterocycles. The number of morpholine rings is 1. The number of aromatic hydroxyl groups is 2. The quantitative estimate of drug-likeness (QED) is 0.133. The molecule has 0 radical (unpaired) electrons. The van der Waals surface area contributed by atoms with Crippen LogP contribution in [-0.2, 0) is 45.2 Å². The minimum atomic E-state index is -2.17. The molecule has 71 heavy (non-hydrogen) atoms. The van der Waals surface area contributed by atoms with E-state index in [-0.39, 0.29) is 65.6 Å². The van der Waals surface area contributed by atoms with Gasteiger partial charge in [0.05, 0.1) is 49.2 Å². The first-order valence-electron chi connectivity index (χ1n) is 24.3. The van der Waals surface area contributed by atoms with Crippen LogP contribution in [0.1, 0.15) is 101 Å². The van der Waals surface area contributed by atoms with Crippen molar-refractivity contribution in [3.05, 3.63) is 112 Å². The Morgan fingerprint density at radius 1 is 0.873 bits per heavy atom. The highest BCUT2D eigenvalue weighted by atomic mass is 16.7. The summed E-state index contributed by atoms with van der Waals surface area (Å²) in [5, 5.41) is 37.0. The number of carbonyl (C=O) groups is 4. The predicted octanol–water partition coefficient (Wildman–Crippen LogP) is 5.85. The lowest BCUT2D eigenvalue weighted by molar-refractivity contribution is -0.256.